The van der Waals surface area contributed by atoms with Crippen LogP contribution in [-0.2, 0) is 4.79 Å². The Morgan fingerprint density at radius 2 is 1.53 bits per heavy atom. The van der Waals surface area contributed by atoms with Gasteiger partial charge in [0.15, 0.2) is 0 Å². The average Bonchev–Trinajstić information content (AvgIpc) is 2.40. The molecule has 1 aliphatic rings. The van der Waals surface area contributed by atoms with Crippen LogP contribution in [0.15, 0.2) is 36.4 Å². The SMILES string of the molecule is O=C([O-])CN1C(=O)c2cccc3cccc(c23)C1=O. The third-order valence-electron chi connectivity index (χ3n) is 3.14. The predicted octanol–water partition coefficient (Wildman–Crippen LogP) is 0.186. The first kappa shape index (κ1) is 11.4. The van der Waals surface area contributed by atoms with E-state index in [1.807, 2.05) is 0 Å². The Kier molecular flexibility index (Phi) is 2.35. The fraction of sp³-hybridized carbons (Fsp3) is 0.0714. The van der Waals surface area contributed by atoms with Crippen molar-refractivity contribution in [3.63, 3.8) is 0 Å². The molecule has 19 heavy (non-hydrogen) atoms. The lowest BCUT2D eigenvalue weighted by Crippen LogP contribution is -2.46. The van der Waals surface area contributed by atoms with Crippen LogP contribution in [0.4, 0.5) is 0 Å². The van der Waals surface area contributed by atoms with E-state index < -0.39 is 24.3 Å². The van der Waals surface area contributed by atoms with Crippen LogP contribution >= 0.6 is 0 Å². The number of carboxylic acids is 1. The minimum Gasteiger partial charge on any atom is -0.548 e. The number of carboxylic acid groups (broad SMARTS) is 1. The van der Waals surface area contributed by atoms with E-state index in [1.54, 1.807) is 36.4 Å². The van der Waals surface area contributed by atoms with Crippen molar-refractivity contribution in [2.75, 3.05) is 6.54 Å². The first-order valence-corrected chi connectivity index (χ1v) is 5.67. The summed E-state index contributed by atoms with van der Waals surface area (Å²) in [5.41, 5.74) is 0.683. The number of aliphatic carboxylic acids is 1. The molecule has 0 saturated carbocycles. The van der Waals surface area contributed by atoms with Crippen LogP contribution in [0.25, 0.3) is 10.8 Å². The van der Waals surface area contributed by atoms with Crippen molar-refractivity contribution in [3.8, 4) is 0 Å². The fourth-order valence-electron chi connectivity index (χ4n) is 2.35. The quantitative estimate of drug-likeness (QED) is 0.716. The summed E-state index contributed by atoms with van der Waals surface area (Å²) in [5.74, 6) is -2.66. The van der Waals surface area contributed by atoms with Gasteiger partial charge in [-0.15, -0.1) is 0 Å². The molecule has 0 aromatic heterocycles. The monoisotopic (exact) mass is 254 g/mol. The maximum absolute atomic E-state index is 12.2. The molecule has 2 aromatic rings. The van der Waals surface area contributed by atoms with Crippen molar-refractivity contribution in [2.45, 2.75) is 0 Å². The third kappa shape index (κ3) is 1.59. The largest absolute Gasteiger partial charge is 0.548 e. The maximum atomic E-state index is 12.2. The molecule has 1 heterocycles. The molecule has 2 amide bonds. The van der Waals surface area contributed by atoms with Crippen LogP contribution in [0, 0.1) is 0 Å². The standard InChI is InChI=1S/C14H9NO4/c16-11(17)7-15-13(18)9-5-1-3-8-4-2-6-10(12(8)9)14(15)19/h1-6H,7H2,(H,16,17)/p-1. The minimum absolute atomic E-state index is 0.342. The maximum Gasteiger partial charge on any atom is 0.261 e. The van der Waals surface area contributed by atoms with Crippen molar-refractivity contribution < 1.29 is 19.5 Å². The summed E-state index contributed by atoms with van der Waals surface area (Å²) in [6, 6.07) is 10.2. The molecule has 5 nitrogen and oxygen atoms in total. The number of hydrogen-bond donors (Lipinski definition) is 0. The number of carbonyl (C=O) groups excluding carboxylic acids is 3. The second-order valence-electron chi connectivity index (χ2n) is 4.28. The van der Waals surface area contributed by atoms with Crippen molar-refractivity contribution in [2.24, 2.45) is 0 Å². The summed E-state index contributed by atoms with van der Waals surface area (Å²) < 4.78 is 0. The van der Waals surface area contributed by atoms with Gasteiger partial charge in [-0.1, -0.05) is 24.3 Å². The van der Waals surface area contributed by atoms with E-state index >= 15 is 0 Å². The summed E-state index contributed by atoms with van der Waals surface area (Å²) in [6.45, 7) is -0.734. The van der Waals surface area contributed by atoms with Gasteiger partial charge in [0.05, 0.1) is 12.5 Å². The number of hydrogen-bond acceptors (Lipinski definition) is 4. The van der Waals surface area contributed by atoms with Crippen LogP contribution in [-0.4, -0.2) is 29.2 Å². The molecule has 0 saturated heterocycles. The molecule has 94 valence electrons. The Morgan fingerprint density at radius 3 is 2.00 bits per heavy atom. The van der Waals surface area contributed by atoms with Crippen LogP contribution in [0.2, 0.25) is 0 Å². The molecule has 0 N–H and O–H groups in total. The average molecular weight is 254 g/mol. The molecule has 0 atom stereocenters. The number of benzene rings is 2. The van der Waals surface area contributed by atoms with E-state index in [0.717, 1.165) is 5.39 Å². The second-order valence-corrected chi connectivity index (χ2v) is 4.28. The normalized spacial score (nSPS) is 14.0. The van der Waals surface area contributed by atoms with Gasteiger partial charge in [-0.25, -0.2) is 0 Å². The van der Waals surface area contributed by atoms with Crippen molar-refractivity contribution in [3.05, 3.63) is 47.5 Å². The molecule has 0 bridgehead atoms. The number of imide groups is 1. The molecule has 3 rings (SSSR count). The molecule has 0 unspecified atom stereocenters. The summed E-state index contributed by atoms with van der Waals surface area (Å²) in [6.07, 6.45) is 0. The summed E-state index contributed by atoms with van der Waals surface area (Å²) >= 11 is 0. The van der Waals surface area contributed by atoms with Gasteiger partial charge in [0.2, 0.25) is 0 Å². The predicted molar refractivity (Wildman–Crippen MR) is 64.3 cm³/mol. The van der Waals surface area contributed by atoms with Crippen LogP contribution in [0.3, 0.4) is 0 Å². The first-order valence-electron chi connectivity index (χ1n) is 5.67. The Labute approximate surface area is 108 Å². The lowest BCUT2D eigenvalue weighted by molar-refractivity contribution is -0.305. The Bertz CT molecular complexity index is 685. The highest BCUT2D eigenvalue weighted by Gasteiger charge is 2.32. The van der Waals surface area contributed by atoms with Gasteiger partial charge in [0.1, 0.15) is 0 Å². The molecule has 1 aliphatic heterocycles. The van der Waals surface area contributed by atoms with Gasteiger partial charge < -0.3 is 9.90 Å². The van der Waals surface area contributed by atoms with Gasteiger partial charge in [-0.2, -0.15) is 0 Å². The van der Waals surface area contributed by atoms with E-state index in [2.05, 4.69) is 0 Å². The van der Waals surface area contributed by atoms with Gasteiger partial charge in [0, 0.05) is 16.5 Å². The second kappa shape index (κ2) is 3.91. The Hall–Kier alpha value is -2.69. The van der Waals surface area contributed by atoms with E-state index in [-0.39, 0.29) is 0 Å². The van der Waals surface area contributed by atoms with Crippen LogP contribution in [0.5, 0.6) is 0 Å². The zero-order valence-corrected chi connectivity index (χ0v) is 9.75. The fourth-order valence-corrected chi connectivity index (χ4v) is 2.35. The Morgan fingerprint density at radius 1 is 1.00 bits per heavy atom. The zero-order chi connectivity index (χ0) is 13.6. The van der Waals surface area contributed by atoms with Gasteiger partial charge in [-0.05, 0) is 17.5 Å². The number of rotatable bonds is 2. The van der Waals surface area contributed by atoms with E-state index in [1.165, 1.54) is 0 Å². The van der Waals surface area contributed by atoms with Crippen molar-refractivity contribution >= 4 is 28.6 Å². The van der Waals surface area contributed by atoms with Gasteiger partial charge in [0.25, 0.3) is 11.8 Å². The molecular weight excluding hydrogens is 246 g/mol. The topological polar surface area (TPSA) is 77.5 Å². The lowest BCUT2D eigenvalue weighted by Gasteiger charge is -2.27. The zero-order valence-electron chi connectivity index (χ0n) is 9.75. The number of nitrogens with zero attached hydrogens (tertiary/aromatic N) is 1. The van der Waals surface area contributed by atoms with E-state index in [0.29, 0.717) is 21.4 Å². The highest BCUT2D eigenvalue weighted by atomic mass is 16.4. The first-order chi connectivity index (χ1) is 9.09. The third-order valence-corrected chi connectivity index (χ3v) is 3.14. The molecule has 5 heteroatoms. The van der Waals surface area contributed by atoms with Crippen LogP contribution < -0.4 is 5.11 Å². The summed E-state index contributed by atoms with van der Waals surface area (Å²) in [5, 5.41) is 12.0. The number of carbonyl (C=O) groups is 3. The van der Waals surface area contributed by atoms with Gasteiger partial charge in [-0.3, -0.25) is 14.5 Å². The number of amides is 2. The van der Waals surface area contributed by atoms with Crippen molar-refractivity contribution in [1.29, 1.82) is 0 Å². The minimum atomic E-state index is -1.46. The Balaban J connectivity index is 2.28. The summed E-state index contributed by atoms with van der Waals surface area (Å²) in [7, 11) is 0. The van der Waals surface area contributed by atoms with E-state index in [9.17, 15) is 19.5 Å². The molecule has 0 spiro atoms. The lowest BCUT2D eigenvalue weighted by atomic mass is 9.94. The molecule has 2 aromatic carbocycles. The molecule has 0 fully saturated rings. The smallest absolute Gasteiger partial charge is 0.261 e. The van der Waals surface area contributed by atoms with Crippen LogP contribution in [0.1, 0.15) is 20.7 Å². The summed E-state index contributed by atoms with van der Waals surface area (Å²) in [4.78, 5) is 35.7. The molecule has 0 radical (unpaired) electrons. The molecular formula is C14H8NO4-. The highest BCUT2D eigenvalue weighted by molar-refractivity contribution is 6.25. The van der Waals surface area contributed by atoms with E-state index in [4.69, 9.17) is 0 Å². The van der Waals surface area contributed by atoms with Crippen molar-refractivity contribution in [1.82, 2.24) is 4.90 Å². The van der Waals surface area contributed by atoms with Gasteiger partial charge >= 0.3 is 0 Å². The highest BCUT2D eigenvalue weighted by Crippen LogP contribution is 2.29. The molecule has 0 aliphatic carbocycles.